The number of hydrogen-bond acceptors (Lipinski definition) is 3. The molecule has 52 heavy (non-hydrogen) atoms. The molecule has 0 N–H and O–H groups in total. The van der Waals surface area contributed by atoms with Gasteiger partial charge in [0.1, 0.15) is 11.2 Å². The summed E-state index contributed by atoms with van der Waals surface area (Å²) < 4.78 is 9.36. The van der Waals surface area contributed by atoms with Gasteiger partial charge in [0.2, 0.25) is 0 Å². The standard InChI is InChI=1S/C48H43NO3/c1-24(2)47-13-9-26(10-14-47)30-19-32-34-21-35-33-17-28-7-5-6-8-29(28)18-41(33)52-44(35)42-38-20-31-27-11-15-48(16-12-27,25(3)4)46(51)37(31)23-40(38)49(43(34)42)39(32)22-36(30)45(47)50/h5-8,17-27H,9-16H2,1-4H3. The minimum absolute atomic E-state index is 0.287. The number of rotatable bonds is 2. The van der Waals surface area contributed by atoms with Crippen LogP contribution in [-0.4, -0.2) is 16.0 Å². The van der Waals surface area contributed by atoms with E-state index in [0.717, 1.165) is 112 Å². The van der Waals surface area contributed by atoms with Gasteiger partial charge in [-0.2, -0.15) is 0 Å². The molecule has 4 bridgehead atoms. The molecule has 4 nitrogen and oxygen atoms in total. The van der Waals surface area contributed by atoms with Crippen LogP contribution in [-0.2, 0) is 0 Å². The van der Waals surface area contributed by atoms with E-state index in [9.17, 15) is 9.59 Å². The summed E-state index contributed by atoms with van der Waals surface area (Å²) in [6.45, 7) is 8.99. The first kappa shape index (κ1) is 29.8. The lowest BCUT2D eigenvalue weighted by Crippen LogP contribution is -2.37. The number of furan rings is 1. The van der Waals surface area contributed by atoms with Crippen molar-refractivity contribution in [3.63, 3.8) is 0 Å². The number of Topliss-reactive ketones (excluding diaryl/α,β-unsaturated/α-hetero) is 2. The van der Waals surface area contributed by atoms with Crippen LogP contribution >= 0.6 is 0 Å². The van der Waals surface area contributed by atoms with Crippen LogP contribution in [0.5, 0.6) is 0 Å². The zero-order valence-corrected chi connectivity index (χ0v) is 30.5. The van der Waals surface area contributed by atoms with Crippen LogP contribution in [0.15, 0.2) is 71.1 Å². The Kier molecular flexibility index (Phi) is 5.53. The van der Waals surface area contributed by atoms with Gasteiger partial charge in [-0.25, -0.2) is 0 Å². The second-order valence-corrected chi connectivity index (χ2v) is 17.9. The Labute approximate surface area is 302 Å². The minimum Gasteiger partial charge on any atom is -0.455 e. The van der Waals surface area contributed by atoms with Crippen LogP contribution in [0.4, 0.5) is 0 Å². The van der Waals surface area contributed by atoms with Crippen molar-refractivity contribution < 1.29 is 14.0 Å². The van der Waals surface area contributed by atoms with Crippen LogP contribution in [0.25, 0.3) is 70.8 Å². The van der Waals surface area contributed by atoms with Crippen LogP contribution < -0.4 is 0 Å². The molecule has 0 radical (unpaired) electrons. The van der Waals surface area contributed by atoms with Gasteiger partial charge < -0.3 is 8.82 Å². The number of benzene rings is 5. The summed E-state index contributed by atoms with van der Waals surface area (Å²) in [6, 6.07) is 24.7. The maximum absolute atomic E-state index is 14.8. The second kappa shape index (κ2) is 9.64. The molecule has 258 valence electrons. The summed E-state index contributed by atoms with van der Waals surface area (Å²) >= 11 is 0. The molecule has 6 aliphatic carbocycles. The average molecular weight is 682 g/mol. The van der Waals surface area contributed by atoms with Crippen molar-refractivity contribution in [1.82, 2.24) is 4.40 Å². The summed E-state index contributed by atoms with van der Waals surface area (Å²) in [4.78, 5) is 29.6. The van der Waals surface area contributed by atoms with Crippen molar-refractivity contribution in [3.8, 4) is 0 Å². The number of aromatic nitrogens is 1. The number of carbonyl (C=O) groups excluding carboxylic acids is 2. The van der Waals surface area contributed by atoms with Crippen LogP contribution in [0.3, 0.4) is 0 Å². The minimum atomic E-state index is -0.294. The third-order valence-electron chi connectivity index (χ3n) is 15.4. The Balaban J connectivity index is 1.26. The monoisotopic (exact) mass is 681 g/mol. The Morgan fingerprint density at radius 3 is 1.73 bits per heavy atom. The topological polar surface area (TPSA) is 51.7 Å². The van der Waals surface area contributed by atoms with Crippen molar-refractivity contribution in [2.75, 3.05) is 0 Å². The van der Waals surface area contributed by atoms with Crippen molar-refractivity contribution >= 4 is 82.4 Å². The van der Waals surface area contributed by atoms with E-state index >= 15 is 0 Å². The zero-order chi connectivity index (χ0) is 35.0. The van der Waals surface area contributed by atoms with Crippen LogP contribution in [0.1, 0.15) is 123 Å². The molecule has 4 heteroatoms. The van der Waals surface area contributed by atoms with Crippen molar-refractivity contribution in [3.05, 3.63) is 89.0 Å². The average Bonchev–Trinajstić information content (AvgIpc) is 3.69. The Morgan fingerprint density at radius 1 is 0.615 bits per heavy atom. The van der Waals surface area contributed by atoms with Crippen molar-refractivity contribution in [2.45, 2.75) is 90.9 Å². The molecule has 3 aromatic heterocycles. The third-order valence-corrected chi connectivity index (χ3v) is 15.4. The lowest BCUT2D eigenvalue weighted by atomic mass is 9.64. The molecule has 0 spiro atoms. The largest absolute Gasteiger partial charge is 0.455 e. The highest BCUT2D eigenvalue weighted by molar-refractivity contribution is 6.34. The lowest BCUT2D eigenvalue weighted by Gasteiger charge is -2.39. The number of nitrogens with zero attached hydrogens (tertiary/aromatic N) is 1. The first-order valence-corrected chi connectivity index (χ1v) is 19.9. The molecule has 6 aliphatic rings. The molecule has 0 aliphatic heterocycles. The summed E-state index contributed by atoms with van der Waals surface area (Å²) in [6.07, 6.45) is 8.17. The van der Waals surface area contributed by atoms with Gasteiger partial charge in [0.15, 0.2) is 11.6 Å². The van der Waals surface area contributed by atoms with Crippen molar-refractivity contribution in [1.29, 1.82) is 0 Å². The molecular weight excluding hydrogens is 639 g/mol. The Morgan fingerprint density at radius 2 is 1.15 bits per heavy atom. The molecule has 5 aromatic carbocycles. The highest BCUT2D eigenvalue weighted by Crippen LogP contribution is 2.57. The summed E-state index contributed by atoms with van der Waals surface area (Å²) in [5, 5.41) is 9.34. The van der Waals surface area contributed by atoms with Crippen molar-refractivity contribution in [2.24, 2.45) is 22.7 Å². The number of fused-ring (bicyclic) bond motifs is 15. The van der Waals surface area contributed by atoms with E-state index in [1.165, 1.54) is 32.7 Å². The van der Waals surface area contributed by atoms with Gasteiger partial charge in [0.05, 0.1) is 21.9 Å². The summed E-state index contributed by atoms with van der Waals surface area (Å²) in [5.74, 6) is 2.08. The fourth-order valence-electron chi connectivity index (χ4n) is 12.3. The highest BCUT2D eigenvalue weighted by atomic mass is 16.3. The van der Waals surface area contributed by atoms with E-state index in [1.807, 2.05) is 0 Å². The fraction of sp³-hybridized carbons (Fsp3) is 0.375. The van der Waals surface area contributed by atoms with Crippen LogP contribution in [0.2, 0.25) is 0 Å². The summed E-state index contributed by atoms with van der Waals surface area (Å²) in [5.41, 5.74) is 8.84. The predicted octanol–water partition coefficient (Wildman–Crippen LogP) is 12.9. The van der Waals surface area contributed by atoms with E-state index in [4.69, 9.17) is 4.42 Å². The molecule has 2 fully saturated rings. The molecular formula is C48H43NO3. The molecule has 2 saturated carbocycles. The number of ketones is 2. The predicted molar refractivity (Wildman–Crippen MR) is 212 cm³/mol. The maximum Gasteiger partial charge on any atom is 0.169 e. The Hall–Kier alpha value is -4.70. The maximum atomic E-state index is 14.8. The molecule has 0 saturated heterocycles. The molecule has 0 unspecified atom stereocenters. The third kappa shape index (κ3) is 3.37. The molecule has 0 amide bonds. The van der Waals surface area contributed by atoms with Gasteiger partial charge in [-0.1, -0.05) is 52.0 Å². The summed E-state index contributed by atoms with van der Waals surface area (Å²) in [7, 11) is 0. The molecule has 14 rings (SSSR count). The van der Waals surface area contributed by atoms with Gasteiger partial charge in [-0.05, 0) is 139 Å². The van der Waals surface area contributed by atoms with Gasteiger partial charge in [-0.3, -0.25) is 9.59 Å². The second-order valence-electron chi connectivity index (χ2n) is 17.9. The van der Waals surface area contributed by atoms with Gasteiger partial charge in [0.25, 0.3) is 0 Å². The van der Waals surface area contributed by atoms with Gasteiger partial charge in [-0.15, -0.1) is 0 Å². The first-order chi connectivity index (χ1) is 25.2. The highest BCUT2D eigenvalue weighted by Gasteiger charge is 2.50. The molecule has 3 heterocycles. The van der Waals surface area contributed by atoms with Gasteiger partial charge >= 0.3 is 0 Å². The zero-order valence-electron chi connectivity index (χ0n) is 30.5. The van der Waals surface area contributed by atoms with E-state index in [0.29, 0.717) is 35.2 Å². The Bertz CT molecular complexity index is 2920. The van der Waals surface area contributed by atoms with Crippen LogP contribution in [0, 0.1) is 22.7 Å². The lowest BCUT2D eigenvalue weighted by molar-refractivity contribution is 0.0589. The molecule has 8 aromatic rings. The van der Waals surface area contributed by atoms with E-state index < -0.39 is 0 Å². The van der Waals surface area contributed by atoms with E-state index in [2.05, 4.69) is 98.8 Å². The van der Waals surface area contributed by atoms with E-state index in [-0.39, 0.29) is 10.8 Å². The number of carbonyl (C=O) groups is 2. The number of hydrogen-bond donors (Lipinski definition) is 0. The van der Waals surface area contributed by atoms with Gasteiger partial charge in [0, 0.05) is 48.9 Å². The molecule has 0 atom stereocenters. The fourth-order valence-corrected chi connectivity index (χ4v) is 12.3. The SMILES string of the molecule is CC(C)C12CCC(CC1)c1cc3c4cc5c6cc7ccccc7cc6oc5c5c6cc7c(cc6n(c3cc1C2=O)c45)C(=O)C1(C(C)C)CCC7CC1. The van der Waals surface area contributed by atoms with E-state index in [1.54, 1.807) is 0 Å². The first-order valence-electron chi connectivity index (χ1n) is 19.9. The quantitative estimate of drug-likeness (QED) is 0.182. The normalized spacial score (nSPS) is 26.0. The smallest absolute Gasteiger partial charge is 0.169 e.